The average molecular weight is 371 g/mol. The van der Waals surface area contributed by atoms with E-state index in [1.165, 1.54) is 32.2 Å². The first-order valence-corrected chi connectivity index (χ1v) is 8.26. The maximum absolute atomic E-state index is 12.1. The molecule has 0 aromatic heterocycles. The molecule has 1 N–H and O–H groups in total. The minimum absolute atomic E-state index is 0.289. The summed E-state index contributed by atoms with van der Waals surface area (Å²) >= 11 is 0. The summed E-state index contributed by atoms with van der Waals surface area (Å²) in [5.74, 6) is -0.544. The van der Waals surface area contributed by atoms with Crippen LogP contribution in [0.5, 0.6) is 11.5 Å². The summed E-state index contributed by atoms with van der Waals surface area (Å²) < 4.78 is 15.5. The smallest absolute Gasteiger partial charge is 0.344 e. The van der Waals surface area contributed by atoms with Gasteiger partial charge >= 0.3 is 5.97 Å². The molecule has 0 saturated carbocycles. The highest BCUT2D eigenvalue weighted by Crippen LogP contribution is 2.27. The maximum Gasteiger partial charge on any atom is 0.344 e. The van der Waals surface area contributed by atoms with Crippen LogP contribution in [0.1, 0.15) is 22.8 Å². The maximum atomic E-state index is 12.1. The molecule has 0 heterocycles. The number of amides is 1. The molecule has 0 unspecified atom stereocenters. The summed E-state index contributed by atoms with van der Waals surface area (Å²) in [6, 6.07) is 11.8. The van der Waals surface area contributed by atoms with E-state index in [9.17, 15) is 14.4 Å². The summed E-state index contributed by atoms with van der Waals surface area (Å²) in [5, 5.41) is 2.67. The van der Waals surface area contributed by atoms with E-state index >= 15 is 0 Å². The molecule has 27 heavy (non-hydrogen) atoms. The molecule has 1 atom stereocenters. The highest BCUT2D eigenvalue weighted by Gasteiger charge is 2.19. The number of benzene rings is 2. The topological polar surface area (TPSA) is 90.9 Å². The van der Waals surface area contributed by atoms with E-state index in [1.54, 1.807) is 12.1 Å². The molecular weight excluding hydrogens is 350 g/mol. The molecule has 0 radical (unpaired) electrons. The Kier molecular flexibility index (Phi) is 6.93. The normalized spacial score (nSPS) is 11.2. The van der Waals surface area contributed by atoms with E-state index in [0.717, 1.165) is 5.56 Å². The van der Waals surface area contributed by atoms with Crippen LogP contribution in [0.4, 0.5) is 5.69 Å². The van der Waals surface area contributed by atoms with Crippen molar-refractivity contribution in [2.24, 2.45) is 0 Å². The molecule has 2 aromatic rings. The van der Waals surface area contributed by atoms with Gasteiger partial charge in [0, 0.05) is 11.3 Å². The third-order valence-corrected chi connectivity index (χ3v) is 3.67. The predicted octanol–water partition coefficient (Wildman–Crippen LogP) is 2.77. The lowest BCUT2D eigenvalue weighted by Crippen LogP contribution is -2.31. The minimum Gasteiger partial charge on any atom is -0.493 e. The molecule has 0 aliphatic rings. The second-order valence-corrected chi connectivity index (χ2v) is 5.80. The van der Waals surface area contributed by atoms with E-state index in [2.05, 4.69) is 5.32 Å². The van der Waals surface area contributed by atoms with Crippen molar-refractivity contribution in [3.05, 3.63) is 53.6 Å². The first kappa shape index (κ1) is 20.0. The largest absolute Gasteiger partial charge is 0.493 e. The fourth-order valence-electron chi connectivity index (χ4n) is 2.18. The zero-order valence-electron chi connectivity index (χ0n) is 15.4. The van der Waals surface area contributed by atoms with Gasteiger partial charge in [0.1, 0.15) is 6.29 Å². The Morgan fingerprint density at radius 2 is 1.81 bits per heavy atom. The standard InChI is InChI=1S/C20H21NO6/c1-13-4-7-16(8-5-13)21-20(24)14(2)27-19(23)12-26-17-9-6-15(11-22)10-18(17)25-3/h4-11,14H,12H2,1-3H3,(H,21,24)/t14-/m0/s1. The monoisotopic (exact) mass is 371 g/mol. The predicted molar refractivity (Wildman–Crippen MR) is 99.2 cm³/mol. The van der Waals surface area contributed by atoms with Gasteiger partial charge in [0.05, 0.1) is 7.11 Å². The van der Waals surface area contributed by atoms with Crippen LogP contribution < -0.4 is 14.8 Å². The molecule has 0 aliphatic carbocycles. The highest BCUT2D eigenvalue weighted by molar-refractivity contribution is 5.95. The van der Waals surface area contributed by atoms with Crippen LogP contribution in [-0.4, -0.2) is 38.0 Å². The lowest BCUT2D eigenvalue weighted by atomic mass is 10.2. The van der Waals surface area contributed by atoms with Crippen LogP contribution >= 0.6 is 0 Å². The number of hydrogen-bond acceptors (Lipinski definition) is 6. The summed E-state index contributed by atoms with van der Waals surface area (Å²) in [4.78, 5) is 34.8. The fraction of sp³-hybridized carbons (Fsp3) is 0.250. The molecule has 0 saturated heterocycles. The van der Waals surface area contributed by atoms with E-state index in [1.807, 2.05) is 19.1 Å². The average Bonchev–Trinajstić information content (AvgIpc) is 2.67. The lowest BCUT2D eigenvalue weighted by molar-refractivity contribution is -0.155. The van der Waals surface area contributed by atoms with Crippen molar-refractivity contribution in [3.8, 4) is 11.5 Å². The van der Waals surface area contributed by atoms with Crippen molar-refractivity contribution in [2.45, 2.75) is 20.0 Å². The number of carbonyl (C=O) groups is 3. The van der Waals surface area contributed by atoms with E-state index in [0.29, 0.717) is 23.3 Å². The number of ether oxygens (including phenoxy) is 3. The molecule has 7 nitrogen and oxygen atoms in total. The zero-order chi connectivity index (χ0) is 19.8. The zero-order valence-corrected chi connectivity index (χ0v) is 15.4. The van der Waals surface area contributed by atoms with Gasteiger partial charge in [0.2, 0.25) is 0 Å². The third kappa shape index (κ3) is 5.85. The molecule has 142 valence electrons. The van der Waals surface area contributed by atoms with Crippen molar-refractivity contribution >= 4 is 23.9 Å². The number of nitrogens with one attached hydrogen (secondary N) is 1. The molecule has 0 spiro atoms. The Morgan fingerprint density at radius 1 is 1.11 bits per heavy atom. The van der Waals surface area contributed by atoms with Crippen molar-refractivity contribution in [1.29, 1.82) is 0 Å². The van der Waals surface area contributed by atoms with Gasteiger partial charge in [0.15, 0.2) is 24.2 Å². The highest BCUT2D eigenvalue weighted by atomic mass is 16.6. The van der Waals surface area contributed by atoms with Crippen LogP contribution in [-0.2, 0) is 14.3 Å². The number of rotatable bonds is 8. The molecule has 1 amide bonds. The van der Waals surface area contributed by atoms with Crippen molar-refractivity contribution < 1.29 is 28.6 Å². The molecule has 0 bridgehead atoms. The minimum atomic E-state index is -0.985. The Labute approximate surface area is 157 Å². The summed E-state index contributed by atoms with van der Waals surface area (Å²) in [6.07, 6.45) is -0.309. The number of carbonyl (C=O) groups excluding carboxylic acids is 3. The van der Waals surface area contributed by atoms with Crippen LogP contribution in [0, 0.1) is 6.92 Å². The molecule has 7 heteroatoms. The number of methoxy groups -OCH3 is 1. The van der Waals surface area contributed by atoms with E-state index in [4.69, 9.17) is 14.2 Å². The summed E-state index contributed by atoms with van der Waals surface area (Å²) in [7, 11) is 1.42. The van der Waals surface area contributed by atoms with Crippen LogP contribution in [0.25, 0.3) is 0 Å². The van der Waals surface area contributed by atoms with Gasteiger partial charge in [-0.25, -0.2) is 4.79 Å². The quantitative estimate of drug-likeness (QED) is 0.567. The molecule has 2 aromatic carbocycles. The van der Waals surface area contributed by atoms with Crippen LogP contribution in [0.3, 0.4) is 0 Å². The van der Waals surface area contributed by atoms with Gasteiger partial charge in [-0.05, 0) is 44.2 Å². The van der Waals surface area contributed by atoms with Gasteiger partial charge in [-0.1, -0.05) is 17.7 Å². The Bertz CT molecular complexity index is 816. The number of anilines is 1. The van der Waals surface area contributed by atoms with Gasteiger partial charge in [-0.2, -0.15) is 0 Å². The van der Waals surface area contributed by atoms with Gasteiger partial charge < -0.3 is 19.5 Å². The van der Waals surface area contributed by atoms with Gasteiger partial charge in [-0.3, -0.25) is 9.59 Å². The third-order valence-electron chi connectivity index (χ3n) is 3.67. The summed E-state index contributed by atoms with van der Waals surface area (Å²) in [6.45, 7) is 3.01. The first-order valence-electron chi connectivity index (χ1n) is 8.26. The Morgan fingerprint density at radius 3 is 2.44 bits per heavy atom. The first-order chi connectivity index (χ1) is 12.9. The molecule has 0 fully saturated rings. The van der Waals surface area contributed by atoms with Crippen molar-refractivity contribution in [3.63, 3.8) is 0 Å². The molecular formula is C20H21NO6. The van der Waals surface area contributed by atoms with Crippen molar-refractivity contribution in [2.75, 3.05) is 19.0 Å². The fourth-order valence-corrected chi connectivity index (χ4v) is 2.18. The number of aryl methyl sites for hydroxylation is 1. The Balaban J connectivity index is 1.86. The van der Waals surface area contributed by atoms with Gasteiger partial charge in [0.25, 0.3) is 5.91 Å². The van der Waals surface area contributed by atoms with E-state index in [-0.39, 0.29) is 5.75 Å². The second kappa shape index (κ2) is 9.38. The Hall–Kier alpha value is -3.35. The number of aldehydes is 1. The van der Waals surface area contributed by atoms with Crippen LogP contribution in [0.15, 0.2) is 42.5 Å². The van der Waals surface area contributed by atoms with Crippen molar-refractivity contribution in [1.82, 2.24) is 0 Å². The number of hydrogen-bond donors (Lipinski definition) is 1. The SMILES string of the molecule is COc1cc(C=O)ccc1OCC(=O)O[C@@H](C)C(=O)Nc1ccc(C)cc1. The van der Waals surface area contributed by atoms with E-state index < -0.39 is 24.6 Å². The second-order valence-electron chi connectivity index (χ2n) is 5.80. The summed E-state index contributed by atoms with van der Waals surface area (Å²) in [5.41, 5.74) is 2.11. The number of esters is 1. The van der Waals surface area contributed by atoms with Crippen LogP contribution in [0.2, 0.25) is 0 Å². The molecule has 2 rings (SSSR count). The van der Waals surface area contributed by atoms with Gasteiger partial charge in [-0.15, -0.1) is 0 Å². The lowest BCUT2D eigenvalue weighted by Gasteiger charge is -2.15. The molecule has 0 aliphatic heterocycles.